The predicted molar refractivity (Wildman–Crippen MR) is 75.9 cm³/mol. The van der Waals surface area contributed by atoms with Gasteiger partial charge in [0.25, 0.3) is 11.1 Å². The van der Waals surface area contributed by atoms with Crippen molar-refractivity contribution in [3.05, 3.63) is 40.3 Å². The molecule has 1 aromatic rings. The monoisotopic (exact) mass is 291 g/mol. The van der Waals surface area contributed by atoms with Gasteiger partial charge in [-0.2, -0.15) is 0 Å². The molecule has 0 atom stereocenters. The number of aryl methyl sites for hydroxylation is 1. The molecular weight excluding hydrogens is 278 g/mol. The van der Waals surface area contributed by atoms with E-state index in [1.165, 1.54) is 7.11 Å². The first kappa shape index (κ1) is 14.3. The van der Waals surface area contributed by atoms with Crippen molar-refractivity contribution in [1.29, 1.82) is 0 Å². The van der Waals surface area contributed by atoms with Crippen LogP contribution in [0, 0.1) is 6.92 Å². The highest BCUT2D eigenvalue weighted by Crippen LogP contribution is 2.32. The summed E-state index contributed by atoms with van der Waals surface area (Å²) in [6.07, 6.45) is 1.65. The zero-order valence-electron chi connectivity index (χ0n) is 11.1. The molecule has 0 radical (unpaired) electrons. The Morgan fingerprint density at radius 1 is 1.40 bits per heavy atom. The average molecular weight is 291 g/mol. The number of benzene rings is 1. The Morgan fingerprint density at radius 2 is 2.15 bits per heavy atom. The topological polar surface area (TPSA) is 63.7 Å². The molecule has 0 aliphatic carbocycles. The Balaban J connectivity index is 2.21. The Morgan fingerprint density at radius 3 is 2.80 bits per heavy atom. The first-order valence-corrected chi connectivity index (χ1v) is 6.72. The van der Waals surface area contributed by atoms with Gasteiger partial charge in [-0.1, -0.05) is 29.8 Å². The number of imide groups is 1. The maximum atomic E-state index is 12.1. The highest BCUT2D eigenvalue weighted by atomic mass is 32.2. The van der Waals surface area contributed by atoms with Crippen molar-refractivity contribution in [2.24, 2.45) is 0 Å². The number of carbonyl (C=O) groups is 3. The molecule has 0 saturated carbocycles. The van der Waals surface area contributed by atoms with Crippen LogP contribution in [0.4, 0.5) is 4.79 Å². The van der Waals surface area contributed by atoms with Crippen LogP contribution in [0.15, 0.2) is 29.2 Å². The van der Waals surface area contributed by atoms with E-state index in [1.807, 2.05) is 31.2 Å². The van der Waals surface area contributed by atoms with Crippen LogP contribution < -0.4 is 0 Å². The minimum Gasteiger partial charge on any atom is -0.468 e. The molecule has 1 heterocycles. The molecule has 0 aromatic heterocycles. The Bertz CT molecular complexity index is 609. The van der Waals surface area contributed by atoms with Crippen LogP contribution in [0.1, 0.15) is 11.1 Å². The van der Waals surface area contributed by atoms with Crippen LogP contribution in [0.25, 0.3) is 6.08 Å². The second-order valence-corrected chi connectivity index (χ2v) is 5.25. The summed E-state index contributed by atoms with van der Waals surface area (Å²) in [5.41, 5.74) is 1.90. The fourth-order valence-corrected chi connectivity index (χ4v) is 2.58. The molecule has 0 bridgehead atoms. The molecule has 6 heteroatoms. The second-order valence-electron chi connectivity index (χ2n) is 4.26. The number of amides is 2. The van der Waals surface area contributed by atoms with Gasteiger partial charge in [0.05, 0.1) is 12.0 Å². The summed E-state index contributed by atoms with van der Waals surface area (Å²) < 4.78 is 4.46. The lowest BCUT2D eigenvalue weighted by atomic mass is 10.1. The smallest absolute Gasteiger partial charge is 0.325 e. The van der Waals surface area contributed by atoms with Gasteiger partial charge in [-0.05, 0) is 30.3 Å². The number of ether oxygens (including phenoxy) is 1. The summed E-state index contributed by atoms with van der Waals surface area (Å²) in [7, 11) is 1.21. The number of methoxy groups -OCH3 is 1. The SMILES string of the molecule is COC(=O)CN1C(=O)SC(=Cc2cccc(C)c2)C1=O. The van der Waals surface area contributed by atoms with Gasteiger partial charge in [0, 0.05) is 0 Å². The summed E-state index contributed by atoms with van der Waals surface area (Å²) in [4.78, 5) is 36.2. The fraction of sp³-hybridized carbons (Fsp3) is 0.214. The number of nitrogens with zero attached hydrogens (tertiary/aromatic N) is 1. The second kappa shape index (κ2) is 5.92. The fourth-order valence-electron chi connectivity index (χ4n) is 1.74. The largest absolute Gasteiger partial charge is 0.468 e. The number of hydrogen-bond acceptors (Lipinski definition) is 5. The van der Waals surface area contributed by atoms with Crippen molar-refractivity contribution in [2.45, 2.75) is 6.92 Å². The highest BCUT2D eigenvalue weighted by molar-refractivity contribution is 8.18. The molecule has 5 nitrogen and oxygen atoms in total. The Kier molecular flexibility index (Phi) is 4.24. The molecular formula is C14H13NO4S. The Labute approximate surface area is 120 Å². The minimum absolute atomic E-state index is 0.310. The van der Waals surface area contributed by atoms with E-state index in [0.29, 0.717) is 4.91 Å². The molecule has 0 N–H and O–H groups in total. The molecule has 1 fully saturated rings. The van der Waals surface area contributed by atoms with Crippen LogP contribution in [-0.4, -0.2) is 35.7 Å². The van der Waals surface area contributed by atoms with Gasteiger partial charge in [-0.15, -0.1) is 0 Å². The third-order valence-corrected chi connectivity index (χ3v) is 3.64. The normalized spacial score (nSPS) is 16.9. The standard InChI is InChI=1S/C14H13NO4S/c1-9-4-3-5-10(6-9)7-11-13(17)15(14(18)20-11)8-12(16)19-2/h3-7H,8H2,1-2H3. The maximum Gasteiger partial charge on any atom is 0.325 e. The summed E-state index contributed by atoms with van der Waals surface area (Å²) in [5, 5.41) is -0.459. The number of thioether (sulfide) groups is 1. The van der Waals surface area contributed by atoms with Crippen molar-refractivity contribution in [1.82, 2.24) is 4.90 Å². The van der Waals surface area contributed by atoms with Gasteiger partial charge in [0.1, 0.15) is 6.54 Å². The molecule has 2 amide bonds. The van der Waals surface area contributed by atoms with E-state index in [9.17, 15) is 14.4 Å². The van der Waals surface area contributed by atoms with Crippen LogP contribution >= 0.6 is 11.8 Å². The van der Waals surface area contributed by atoms with Crippen molar-refractivity contribution in [2.75, 3.05) is 13.7 Å². The predicted octanol–water partition coefficient (Wildman–Crippen LogP) is 2.20. The van der Waals surface area contributed by atoms with Gasteiger partial charge in [0.15, 0.2) is 0 Å². The lowest BCUT2D eigenvalue weighted by Gasteiger charge is -2.09. The molecule has 1 aliphatic heterocycles. The third kappa shape index (κ3) is 3.08. The number of carbonyl (C=O) groups excluding carboxylic acids is 3. The summed E-state index contributed by atoms with van der Waals surface area (Å²) in [5.74, 6) is -1.09. The molecule has 1 aromatic carbocycles. The van der Waals surface area contributed by atoms with E-state index in [1.54, 1.807) is 6.08 Å². The lowest BCUT2D eigenvalue weighted by molar-refractivity contribution is -0.143. The van der Waals surface area contributed by atoms with Gasteiger partial charge in [-0.3, -0.25) is 19.3 Å². The van der Waals surface area contributed by atoms with Crippen LogP contribution in [0.5, 0.6) is 0 Å². The van der Waals surface area contributed by atoms with Gasteiger partial charge < -0.3 is 4.74 Å². The molecule has 2 rings (SSSR count). The summed E-state index contributed by atoms with van der Waals surface area (Å²) in [6, 6.07) is 7.58. The minimum atomic E-state index is -0.621. The van der Waals surface area contributed by atoms with E-state index in [0.717, 1.165) is 27.8 Å². The number of hydrogen-bond donors (Lipinski definition) is 0. The van der Waals surface area contributed by atoms with Crippen molar-refractivity contribution in [3.63, 3.8) is 0 Å². The number of rotatable bonds is 3. The molecule has 0 unspecified atom stereocenters. The maximum absolute atomic E-state index is 12.1. The molecule has 0 spiro atoms. The third-order valence-electron chi connectivity index (χ3n) is 2.73. The van der Waals surface area contributed by atoms with Gasteiger partial charge >= 0.3 is 5.97 Å². The van der Waals surface area contributed by atoms with E-state index >= 15 is 0 Å². The van der Waals surface area contributed by atoms with Crippen LogP contribution in [-0.2, 0) is 14.3 Å². The number of esters is 1. The zero-order chi connectivity index (χ0) is 14.7. The molecule has 20 heavy (non-hydrogen) atoms. The van der Waals surface area contributed by atoms with E-state index in [-0.39, 0.29) is 6.54 Å². The Hall–Kier alpha value is -2.08. The van der Waals surface area contributed by atoms with Gasteiger partial charge in [-0.25, -0.2) is 0 Å². The summed E-state index contributed by atoms with van der Waals surface area (Å²) >= 11 is 0.826. The zero-order valence-corrected chi connectivity index (χ0v) is 11.9. The van der Waals surface area contributed by atoms with Crippen molar-refractivity contribution in [3.8, 4) is 0 Å². The summed E-state index contributed by atoms with van der Waals surface area (Å²) in [6.45, 7) is 1.59. The quantitative estimate of drug-likeness (QED) is 0.631. The molecule has 1 saturated heterocycles. The van der Waals surface area contributed by atoms with E-state index in [4.69, 9.17) is 0 Å². The highest BCUT2D eigenvalue weighted by Gasteiger charge is 2.36. The van der Waals surface area contributed by atoms with E-state index in [2.05, 4.69) is 4.74 Å². The van der Waals surface area contributed by atoms with Gasteiger partial charge in [0.2, 0.25) is 0 Å². The first-order chi connectivity index (χ1) is 9.51. The van der Waals surface area contributed by atoms with Crippen LogP contribution in [0.2, 0.25) is 0 Å². The van der Waals surface area contributed by atoms with Crippen molar-refractivity contribution >= 4 is 35.0 Å². The van der Waals surface area contributed by atoms with Crippen molar-refractivity contribution < 1.29 is 19.1 Å². The average Bonchev–Trinajstić information content (AvgIpc) is 2.66. The van der Waals surface area contributed by atoms with E-state index < -0.39 is 17.1 Å². The molecule has 104 valence electrons. The first-order valence-electron chi connectivity index (χ1n) is 5.90. The lowest BCUT2D eigenvalue weighted by Crippen LogP contribution is -2.34. The molecule has 1 aliphatic rings. The van der Waals surface area contributed by atoms with Crippen LogP contribution in [0.3, 0.4) is 0 Å².